The van der Waals surface area contributed by atoms with E-state index in [-0.39, 0.29) is 25.1 Å². The highest BCUT2D eigenvalue weighted by molar-refractivity contribution is 6.09. The molecule has 2 unspecified atom stereocenters. The Morgan fingerprint density at radius 2 is 1.79 bits per heavy atom. The summed E-state index contributed by atoms with van der Waals surface area (Å²) in [6.45, 7) is 7.05. The number of nitrogens with zero attached hydrogens (tertiary/aromatic N) is 2. The number of aliphatic hydroxyl groups excluding tert-OH is 1. The van der Waals surface area contributed by atoms with Crippen LogP contribution in [0.4, 0.5) is 21.0 Å². The van der Waals surface area contributed by atoms with E-state index in [1.165, 1.54) is 12.0 Å². The SMILES string of the molecule is COc1cc(CN2C(=O)N(C(CC3CC3)C(=O)NC(C)CCO)C(=O)C2(C)C)ccc1NC(=O)Nc1ccccc1C. The maximum Gasteiger partial charge on any atom is 0.328 e. The summed E-state index contributed by atoms with van der Waals surface area (Å²) >= 11 is 0. The molecule has 1 saturated carbocycles. The summed E-state index contributed by atoms with van der Waals surface area (Å²) in [5.74, 6) is -0.132. The van der Waals surface area contributed by atoms with E-state index in [1.807, 2.05) is 31.2 Å². The van der Waals surface area contributed by atoms with E-state index in [1.54, 1.807) is 39.0 Å². The number of anilines is 2. The number of imide groups is 1. The monoisotopic (exact) mass is 579 g/mol. The van der Waals surface area contributed by atoms with Gasteiger partial charge in [0.2, 0.25) is 5.91 Å². The second-order valence-electron chi connectivity index (χ2n) is 11.6. The van der Waals surface area contributed by atoms with Crippen molar-refractivity contribution in [1.29, 1.82) is 0 Å². The lowest BCUT2D eigenvalue weighted by atomic mass is 10.0. The molecular formula is C31H41N5O6. The number of para-hydroxylation sites is 1. The Morgan fingerprint density at radius 1 is 1.10 bits per heavy atom. The Hall–Kier alpha value is -4.12. The molecular weight excluding hydrogens is 538 g/mol. The quantitative estimate of drug-likeness (QED) is 0.277. The molecule has 1 aliphatic carbocycles. The summed E-state index contributed by atoms with van der Waals surface area (Å²) in [5.41, 5.74) is 1.55. The Morgan fingerprint density at radius 3 is 2.43 bits per heavy atom. The van der Waals surface area contributed by atoms with Gasteiger partial charge in [0.25, 0.3) is 5.91 Å². The van der Waals surface area contributed by atoms with Gasteiger partial charge in [-0.3, -0.25) is 9.59 Å². The molecule has 2 aromatic rings. The van der Waals surface area contributed by atoms with Crippen molar-refractivity contribution in [3.05, 3.63) is 53.6 Å². The first kappa shape index (κ1) is 30.8. The lowest BCUT2D eigenvalue weighted by molar-refractivity contribution is -0.139. The number of ether oxygens (including phenoxy) is 1. The average Bonchev–Trinajstić information content (AvgIpc) is 3.74. The molecule has 42 heavy (non-hydrogen) atoms. The van der Waals surface area contributed by atoms with E-state index in [2.05, 4.69) is 16.0 Å². The van der Waals surface area contributed by atoms with E-state index in [0.29, 0.717) is 41.4 Å². The molecule has 0 aromatic heterocycles. The third-order valence-corrected chi connectivity index (χ3v) is 7.92. The Balaban J connectivity index is 1.51. The molecule has 2 aliphatic rings. The smallest absolute Gasteiger partial charge is 0.328 e. The maximum atomic E-state index is 13.8. The van der Waals surface area contributed by atoms with Crippen LogP contribution in [-0.2, 0) is 16.1 Å². The molecule has 4 rings (SSSR count). The lowest BCUT2D eigenvalue weighted by Gasteiger charge is -2.28. The van der Waals surface area contributed by atoms with Gasteiger partial charge in [-0.15, -0.1) is 0 Å². The predicted molar refractivity (Wildman–Crippen MR) is 159 cm³/mol. The topological polar surface area (TPSA) is 140 Å². The highest BCUT2D eigenvalue weighted by atomic mass is 16.5. The second kappa shape index (κ2) is 12.8. The molecule has 4 N–H and O–H groups in total. The number of nitrogens with one attached hydrogen (secondary N) is 3. The van der Waals surface area contributed by atoms with Crippen LogP contribution in [0.3, 0.4) is 0 Å². The van der Waals surface area contributed by atoms with Crippen LogP contribution in [0, 0.1) is 12.8 Å². The van der Waals surface area contributed by atoms with Gasteiger partial charge >= 0.3 is 12.1 Å². The van der Waals surface area contributed by atoms with Crippen LogP contribution in [-0.4, -0.2) is 70.1 Å². The third kappa shape index (κ3) is 6.84. The van der Waals surface area contributed by atoms with Gasteiger partial charge in [0.1, 0.15) is 17.3 Å². The number of methoxy groups -OCH3 is 1. The molecule has 2 atom stereocenters. The van der Waals surface area contributed by atoms with Gasteiger partial charge in [0.05, 0.1) is 12.8 Å². The molecule has 0 radical (unpaired) electrons. The molecule has 2 fully saturated rings. The highest BCUT2D eigenvalue weighted by Crippen LogP contribution is 2.38. The summed E-state index contributed by atoms with van der Waals surface area (Å²) < 4.78 is 5.53. The van der Waals surface area contributed by atoms with Gasteiger partial charge < -0.3 is 30.7 Å². The van der Waals surface area contributed by atoms with Crippen molar-refractivity contribution in [1.82, 2.24) is 15.1 Å². The molecule has 11 nitrogen and oxygen atoms in total. The lowest BCUT2D eigenvalue weighted by Crippen LogP contribution is -2.52. The number of carbonyl (C=O) groups excluding carboxylic acids is 4. The number of urea groups is 2. The van der Waals surface area contributed by atoms with Gasteiger partial charge in [-0.1, -0.05) is 37.1 Å². The van der Waals surface area contributed by atoms with Crippen molar-refractivity contribution < 1.29 is 29.0 Å². The summed E-state index contributed by atoms with van der Waals surface area (Å²) in [5, 5.41) is 17.7. The fourth-order valence-electron chi connectivity index (χ4n) is 5.12. The summed E-state index contributed by atoms with van der Waals surface area (Å²) in [7, 11) is 1.48. The van der Waals surface area contributed by atoms with Crippen LogP contribution in [0.15, 0.2) is 42.5 Å². The van der Waals surface area contributed by atoms with E-state index < -0.39 is 29.6 Å². The van der Waals surface area contributed by atoms with Crippen molar-refractivity contribution in [2.75, 3.05) is 24.4 Å². The number of amides is 6. The number of carbonyl (C=O) groups is 4. The fourth-order valence-corrected chi connectivity index (χ4v) is 5.12. The van der Waals surface area contributed by atoms with E-state index in [0.717, 1.165) is 23.3 Å². The number of rotatable bonds is 12. The fraction of sp³-hybridized carbons (Fsp3) is 0.484. The number of hydrogen-bond donors (Lipinski definition) is 4. The first-order valence-corrected chi connectivity index (χ1v) is 14.3. The third-order valence-electron chi connectivity index (χ3n) is 7.92. The molecule has 11 heteroatoms. The molecule has 2 aromatic carbocycles. The van der Waals surface area contributed by atoms with Crippen molar-refractivity contribution in [2.24, 2.45) is 5.92 Å². The molecule has 1 saturated heterocycles. The Bertz CT molecular complexity index is 1340. The summed E-state index contributed by atoms with van der Waals surface area (Å²) in [6.07, 6.45) is 2.71. The minimum absolute atomic E-state index is 0.0771. The summed E-state index contributed by atoms with van der Waals surface area (Å²) in [6, 6.07) is 10.4. The van der Waals surface area contributed by atoms with Gasteiger partial charge in [0, 0.05) is 24.9 Å². The van der Waals surface area contributed by atoms with E-state index in [4.69, 9.17) is 4.74 Å². The van der Waals surface area contributed by atoms with E-state index >= 15 is 0 Å². The van der Waals surface area contributed by atoms with Crippen LogP contribution in [0.5, 0.6) is 5.75 Å². The average molecular weight is 580 g/mol. The van der Waals surface area contributed by atoms with Crippen molar-refractivity contribution in [3.8, 4) is 5.75 Å². The van der Waals surface area contributed by atoms with Crippen LogP contribution in [0.2, 0.25) is 0 Å². The van der Waals surface area contributed by atoms with Gasteiger partial charge in [-0.25, -0.2) is 14.5 Å². The van der Waals surface area contributed by atoms with Crippen LogP contribution in [0.1, 0.15) is 57.6 Å². The van der Waals surface area contributed by atoms with Crippen molar-refractivity contribution in [3.63, 3.8) is 0 Å². The molecule has 0 bridgehead atoms. The first-order chi connectivity index (χ1) is 20.0. The zero-order valence-electron chi connectivity index (χ0n) is 24.9. The molecule has 1 aliphatic heterocycles. The van der Waals surface area contributed by atoms with Gasteiger partial charge in [-0.05, 0) is 75.8 Å². The largest absolute Gasteiger partial charge is 0.495 e. The molecule has 1 heterocycles. The standard InChI is InChI=1S/C31H41N5O6/c1-19-8-6-7-9-23(19)33-29(40)34-24-13-12-22(17-26(24)42-5)18-35-30(41)36(28(39)31(35,3)4)25(16-21-10-11-21)27(38)32-20(2)14-15-37/h6-9,12-13,17,20-21,25,37H,10-11,14-16,18H2,1-5H3,(H,32,38)(H2,33,34,40). The van der Waals surface area contributed by atoms with E-state index in [9.17, 15) is 24.3 Å². The molecule has 0 spiro atoms. The predicted octanol–water partition coefficient (Wildman–Crippen LogP) is 4.25. The van der Waals surface area contributed by atoms with Crippen LogP contribution in [0.25, 0.3) is 0 Å². The van der Waals surface area contributed by atoms with Crippen molar-refractivity contribution >= 4 is 35.3 Å². The zero-order chi connectivity index (χ0) is 30.6. The van der Waals surface area contributed by atoms with Crippen LogP contribution < -0.4 is 20.7 Å². The normalized spacial score (nSPS) is 17.6. The number of benzene rings is 2. The number of aliphatic hydroxyl groups is 1. The Kier molecular flexibility index (Phi) is 9.40. The number of aryl methyl sites for hydroxylation is 1. The highest BCUT2D eigenvalue weighted by Gasteiger charge is 2.55. The summed E-state index contributed by atoms with van der Waals surface area (Å²) in [4.78, 5) is 55.9. The molecule has 6 amide bonds. The zero-order valence-corrected chi connectivity index (χ0v) is 24.9. The second-order valence-corrected chi connectivity index (χ2v) is 11.6. The minimum atomic E-state index is -1.19. The van der Waals surface area contributed by atoms with Gasteiger partial charge in [-0.2, -0.15) is 0 Å². The maximum absolute atomic E-state index is 13.8. The Labute approximate surface area is 246 Å². The first-order valence-electron chi connectivity index (χ1n) is 14.3. The minimum Gasteiger partial charge on any atom is -0.495 e. The van der Waals surface area contributed by atoms with Gasteiger partial charge in [0.15, 0.2) is 0 Å². The number of hydrogen-bond acceptors (Lipinski definition) is 6. The molecule has 226 valence electrons. The van der Waals surface area contributed by atoms with Crippen LogP contribution >= 0.6 is 0 Å². The van der Waals surface area contributed by atoms with Crippen molar-refractivity contribution in [2.45, 2.75) is 77.5 Å².